The van der Waals surface area contributed by atoms with E-state index in [1.165, 1.54) is 13.3 Å². The molecule has 0 atom stereocenters. The molecule has 9 heteroatoms. The van der Waals surface area contributed by atoms with Gasteiger partial charge in [0.05, 0.1) is 18.6 Å². The second-order valence-electron chi connectivity index (χ2n) is 7.80. The van der Waals surface area contributed by atoms with Gasteiger partial charge in [0, 0.05) is 46.6 Å². The average molecular weight is 455 g/mol. The van der Waals surface area contributed by atoms with Gasteiger partial charge in [-0.25, -0.2) is 15.0 Å². The molecule has 7 nitrogen and oxygen atoms in total. The first kappa shape index (κ1) is 21.2. The third-order valence-corrected chi connectivity index (χ3v) is 6.07. The predicted molar refractivity (Wildman–Crippen MR) is 124 cm³/mol. The molecule has 1 aromatic carbocycles. The van der Waals surface area contributed by atoms with E-state index in [9.17, 15) is 4.79 Å². The number of anilines is 1. The van der Waals surface area contributed by atoms with Crippen LogP contribution in [0.15, 0.2) is 47.5 Å². The molecule has 1 amide bonds. The number of aromatic nitrogens is 3. The second-order valence-corrected chi connectivity index (χ2v) is 9.55. The van der Waals surface area contributed by atoms with Gasteiger partial charge in [-0.3, -0.25) is 4.79 Å². The van der Waals surface area contributed by atoms with Crippen molar-refractivity contribution in [3.63, 3.8) is 0 Å². The molecule has 0 spiro atoms. The predicted octanol–water partition coefficient (Wildman–Crippen LogP) is 5.26. The number of hydrogen-bond acceptors (Lipinski definition) is 8. The van der Waals surface area contributed by atoms with Gasteiger partial charge in [-0.15, -0.1) is 22.7 Å². The van der Waals surface area contributed by atoms with Crippen LogP contribution in [0.5, 0.6) is 11.6 Å². The number of amides is 1. The number of fused-ring (bicyclic) bond motifs is 1. The summed E-state index contributed by atoms with van der Waals surface area (Å²) in [6.07, 6.45) is 3.31. The van der Waals surface area contributed by atoms with Crippen LogP contribution < -0.4 is 14.8 Å². The van der Waals surface area contributed by atoms with E-state index >= 15 is 0 Å². The summed E-state index contributed by atoms with van der Waals surface area (Å²) in [5.41, 5.74) is 1.42. The Bertz CT molecular complexity index is 1190. The highest BCUT2D eigenvalue weighted by atomic mass is 32.1. The van der Waals surface area contributed by atoms with E-state index in [0.717, 1.165) is 20.8 Å². The molecular formula is C22H22N4O3S2. The molecule has 0 aliphatic rings. The number of carbonyl (C=O) groups is 1. The van der Waals surface area contributed by atoms with Gasteiger partial charge in [-0.2, -0.15) is 0 Å². The quantitative estimate of drug-likeness (QED) is 0.391. The van der Waals surface area contributed by atoms with E-state index in [2.05, 4.69) is 34.1 Å². The van der Waals surface area contributed by atoms with Crippen LogP contribution in [0.1, 0.15) is 20.8 Å². The summed E-state index contributed by atoms with van der Waals surface area (Å²) in [7, 11) is 0. The lowest BCUT2D eigenvalue weighted by molar-refractivity contribution is -0.114. The maximum absolute atomic E-state index is 11.3. The van der Waals surface area contributed by atoms with Gasteiger partial charge in [0.25, 0.3) is 0 Å². The molecule has 0 fully saturated rings. The maximum atomic E-state index is 11.3. The zero-order chi connectivity index (χ0) is 21.8. The Kier molecular flexibility index (Phi) is 6.15. The molecule has 160 valence electrons. The van der Waals surface area contributed by atoms with Gasteiger partial charge in [0.2, 0.25) is 11.8 Å². The van der Waals surface area contributed by atoms with Crippen molar-refractivity contribution in [2.45, 2.75) is 20.8 Å². The van der Waals surface area contributed by atoms with E-state index < -0.39 is 0 Å². The SMILES string of the molecule is CC(=O)Nc1cccc(OCC(C)(C)COc2ncnc3scc(-c4nccs4)c23)c1. The molecule has 3 heterocycles. The van der Waals surface area contributed by atoms with Crippen molar-refractivity contribution in [1.29, 1.82) is 0 Å². The van der Waals surface area contributed by atoms with E-state index in [1.807, 2.05) is 29.0 Å². The van der Waals surface area contributed by atoms with Gasteiger partial charge in [0.1, 0.15) is 21.9 Å². The lowest BCUT2D eigenvalue weighted by atomic mass is 9.96. The highest BCUT2D eigenvalue weighted by Gasteiger charge is 2.23. The van der Waals surface area contributed by atoms with Crippen molar-refractivity contribution < 1.29 is 14.3 Å². The van der Waals surface area contributed by atoms with Crippen molar-refractivity contribution in [3.8, 4) is 22.2 Å². The lowest BCUT2D eigenvalue weighted by Crippen LogP contribution is -2.29. The van der Waals surface area contributed by atoms with Gasteiger partial charge in [0.15, 0.2) is 0 Å². The standard InChI is InChI=1S/C22H22N4O3S2/c1-14(27)26-15-5-4-6-16(9-15)28-11-22(2,3)12-29-19-18-17(20-23-7-8-30-20)10-31-21(18)25-13-24-19/h4-10,13H,11-12H2,1-3H3,(H,26,27). The summed E-state index contributed by atoms with van der Waals surface area (Å²) < 4.78 is 12.1. The summed E-state index contributed by atoms with van der Waals surface area (Å²) in [5, 5.41) is 8.57. The Balaban J connectivity index is 1.45. The first-order valence-electron chi connectivity index (χ1n) is 9.67. The minimum absolute atomic E-state index is 0.118. The van der Waals surface area contributed by atoms with Crippen LogP contribution in [0.4, 0.5) is 5.69 Å². The number of rotatable bonds is 8. The third-order valence-electron chi connectivity index (χ3n) is 4.38. The fourth-order valence-electron chi connectivity index (χ4n) is 2.92. The van der Waals surface area contributed by atoms with Crippen LogP contribution in [-0.2, 0) is 4.79 Å². The van der Waals surface area contributed by atoms with Gasteiger partial charge in [-0.05, 0) is 12.1 Å². The van der Waals surface area contributed by atoms with Crippen LogP contribution in [0.3, 0.4) is 0 Å². The fraction of sp³-hybridized carbons (Fsp3) is 0.273. The number of ether oxygens (including phenoxy) is 2. The summed E-state index contributed by atoms with van der Waals surface area (Å²) in [6.45, 7) is 6.47. The molecule has 0 unspecified atom stereocenters. The summed E-state index contributed by atoms with van der Waals surface area (Å²) in [6, 6.07) is 7.34. The van der Waals surface area contributed by atoms with E-state index in [4.69, 9.17) is 9.47 Å². The molecule has 4 rings (SSSR count). The second kappa shape index (κ2) is 8.99. The zero-order valence-electron chi connectivity index (χ0n) is 17.4. The maximum Gasteiger partial charge on any atom is 0.226 e. The van der Waals surface area contributed by atoms with Crippen LogP contribution >= 0.6 is 22.7 Å². The van der Waals surface area contributed by atoms with Crippen LogP contribution in [0, 0.1) is 5.41 Å². The summed E-state index contributed by atoms with van der Waals surface area (Å²) in [5.74, 6) is 1.12. The van der Waals surface area contributed by atoms with E-state index in [1.54, 1.807) is 34.9 Å². The summed E-state index contributed by atoms with van der Waals surface area (Å²) >= 11 is 3.13. The first-order valence-corrected chi connectivity index (χ1v) is 11.4. The van der Waals surface area contributed by atoms with E-state index in [-0.39, 0.29) is 11.3 Å². The topological polar surface area (TPSA) is 86.2 Å². The van der Waals surface area contributed by atoms with Gasteiger partial charge < -0.3 is 14.8 Å². The van der Waals surface area contributed by atoms with Crippen molar-refractivity contribution >= 4 is 44.5 Å². The van der Waals surface area contributed by atoms with Crippen LogP contribution in [0.25, 0.3) is 20.8 Å². The number of thiophene rings is 1. The van der Waals surface area contributed by atoms with Crippen molar-refractivity contribution in [1.82, 2.24) is 15.0 Å². The number of nitrogens with one attached hydrogen (secondary N) is 1. The number of nitrogens with zero attached hydrogens (tertiary/aromatic N) is 3. The molecule has 0 aliphatic carbocycles. The smallest absolute Gasteiger partial charge is 0.226 e. The van der Waals surface area contributed by atoms with Crippen molar-refractivity contribution in [3.05, 3.63) is 47.5 Å². The highest BCUT2D eigenvalue weighted by Crippen LogP contribution is 2.38. The molecule has 1 N–H and O–H groups in total. The molecule has 0 bridgehead atoms. The third kappa shape index (κ3) is 5.18. The fourth-order valence-corrected chi connectivity index (χ4v) is 4.54. The number of benzene rings is 1. The van der Waals surface area contributed by atoms with Gasteiger partial charge in [-0.1, -0.05) is 19.9 Å². The minimum Gasteiger partial charge on any atom is -0.493 e. The number of thiazole rings is 1. The summed E-state index contributed by atoms with van der Waals surface area (Å²) in [4.78, 5) is 25.3. The Labute approximate surface area is 188 Å². The molecule has 0 saturated carbocycles. The minimum atomic E-state index is -0.279. The molecule has 0 radical (unpaired) electrons. The molecule has 4 aromatic rings. The Morgan fingerprint density at radius 1 is 1.13 bits per heavy atom. The normalized spacial score (nSPS) is 11.5. The average Bonchev–Trinajstić information content (AvgIpc) is 3.40. The number of hydrogen-bond donors (Lipinski definition) is 1. The first-order chi connectivity index (χ1) is 14.9. The Morgan fingerprint density at radius 3 is 2.74 bits per heavy atom. The zero-order valence-corrected chi connectivity index (χ0v) is 19.0. The molecular weight excluding hydrogens is 432 g/mol. The Morgan fingerprint density at radius 2 is 1.97 bits per heavy atom. The largest absolute Gasteiger partial charge is 0.493 e. The monoisotopic (exact) mass is 454 g/mol. The highest BCUT2D eigenvalue weighted by molar-refractivity contribution is 7.18. The molecule has 31 heavy (non-hydrogen) atoms. The number of carbonyl (C=O) groups excluding carboxylic acids is 1. The van der Waals surface area contributed by atoms with E-state index in [0.29, 0.717) is 30.5 Å². The van der Waals surface area contributed by atoms with Crippen LogP contribution in [0.2, 0.25) is 0 Å². The Hall–Kier alpha value is -3.04. The molecule has 3 aromatic heterocycles. The van der Waals surface area contributed by atoms with Crippen molar-refractivity contribution in [2.24, 2.45) is 5.41 Å². The van der Waals surface area contributed by atoms with Gasteiger partial charge >= 0.3 is 0 Å². The van der Waals surface area contributed by atoms with Crippen LogP contribution in [-0.4, -0.2) is 34.1 Å². The van der Waals surface area contributed by atoms with Crippen molar-refractivity contribution in [2.75, 3.05) is 18.5 Å². The molecule has 0 aliphatic heterocycles. The molecule has 0 saturated heterocycles. The lowest BCUT2D eigenvalue weighted by Gasteiger charge is -2.25.